The second-order valence-electron chi connectivity index (χ2n) is 4.61. The topological polar surface area (TPSA) is 73.2 Å². The van der Waals surface area contributed by atoms with Crippen LogP contribution in [0.2, 0.25) is 0 Å². The summed E-state index contributed by atoms with van der Waals surface area (Å²) in [4.78, 5) is 11.9. The molecule has 0 fully saturated rings. The number of amides is 1. The van der Waals surface area contributed by atoms with E-state index in [1.54, 1.807) is 41.6 Å². The Morgan fingerprint density at radius 1 is 1.27 bits per heavy atom. The molecule has 22 heavy (non-hydrogen) atoms. The van der Waals surface area contributed by atoms with Gasteiger partial charge in [-0.15, -0.1) is 0 Å². The van der Waals surface area contributed by atoms with Gasteiger partial charge in [0.05, 0.1) is 12.5 Å². The maximum absolute atomic E-state index is 11.9. The molecular formula is C16H15N3O3. The highest BCUT2D eigenvalue weighted by molar-refractivity contribution is 5.91. The standard InChI is InChI=1S/C16H15N3O3/c20-16(7-6-13-4-1-10-21-13)17-12-14(15-5-2-11-22-15)19-9-3-8-18-19/h1-11,14H,12H2,(H,17,20). The van der Waals surface area contributed by atoms with E-state index in [2.05, 4.69) is 10.4 Å². The molecular weight excluding hydrogens is 282 g/mol. The molecule has 0 aliphatic rings. The Morgan fingerprint density at radius 2 is 2.14 bits per heavy atom. The molecule has 0 aliphatic heterocycles. The normalized spacial score (nSPS) is 12.5. The van der Waals surface area contributed by atoms with Crippen molar-refractivity contribution >= 4 is 12.0 Å². The monoisotopic (exact) mass is 297 g/mol. The van der Waals surface area contributed by atoms with Gasteiger partial charge in [-0.05, 0) is 36.4 Å². The minimum atomic E-state index is -0.208. The molecule has 0 spiro atoms. The molecule has 1 unspecified atom stereocenters. The zero-order chi connectivity index (χ0) is 15.2. The predicted molar refractivity (Wildman–Crippen MR) is 79.8 cm³/mol. The first kappa shape index (κ1) is 13.9. The van der Waals surface area contributed by atoms with Crippen LogP contribution in [0.5, 0.6) is 0 Å². The molecule has 1 N–H and O–H groups in total. The first-order valence-corrected chi connectivity index (χ1v) is 6.85. The summed E-state index contributed by atoms with van der Waals surface area (Å²) in [7, 11) is 0. The number of carbonyl (C=O) groups is 1. The third-order valence-electron chi connectivity index (χ3n) is 3.13. The molecule has 112 valence electrons. The van der Waals surface area contributed by atoms with E-state index in [0.717, 1.165) is 5.76 Å². The fraction of sp³-hybridized carbons (Fsp3) is 0.125. The Kier molecular flexibility index (Phi) is 4.20. The summed E-state index contributed by atoms with van der Waals surface area (Å²) < 4.78 is 12.3. The number of hydrogen-bond donors (Lipinski definition) is 1. The quantitative estimate of drug-likeness (QED) is 0.709. The third kappa shape index (κ3) is 3.35. The van der Waals surface area contributed by atoms with Crippen molar-refractivity contribution in [3.8, 4) is 0 Å². The summed E-state index contributed by atoms with van der Waals surface area (Å²) in [5.41, 5.74) is 0. The molecule has 3 rings (SSSR count). The van der Waals surface area contributed by atoms with Crippen molar-refractivity contribution in [1.29, 1.82) is 0 Å². The van der Waals surface area contributed by atoms with Crippen LogP contribution in [-0.2, 0) is 4.79 Å². The van der Waals surface area contributed by atoms with Crippen molar-refractivity contribution in [1.82, 2.24) is 15.1 Å². The van der Waals surface area contributed by atoms with E-state index in [1.807, 2.05) is 24.4 Å². The first-order valence-electron chi connectivity index (χ1n) is 6.85. The van der Waals surface area contributed by atoms with Crippen LogP contribution in [-0.4, -0.2) is 22.2 Å². The Balaban J connectivity index is 1.63. The lowest BCUT2D eigenvalue weighted by Gasteiger charge is -2.15. The molecule has 1 atom stereocenters. The Hall–Kier alpha value is -3.02. The summed E-state index contributed by atoms with van der Waals surface area (Å²) in [6, 6.07) is 8.85. The number of nitrogens with one attached hydrogen (secondary N) is 1. The molecule has 3 aromatic heterocycles. The van der Waals surface area contributed by atoms with Crippen molar-refractivity contribution in [3.05, 3.63) is 72.8 Å². The van der Waals surface area contributed by atoms with E-state index in [0.29, 0.717) is 12.3 Å². The highest BCUT2D eigenvalue weighted by Gasteiger charge is 2.17. The van der Waals surface area contributed by atoms with Crippen molar-refractivity contribution in [2.45, 2.75) is 6.04 Å². The maximum Gasteiger partial charge on any atom is 0.244 e. The van der Waals surface area contributed by atoms with Crippen LogP contribution in [0.3, 0.4) is 0 Å². The summed E-state index contributed by atoms with van der Waals surface area (Å²) in [5.74, 6) is 1.16. The van der Waals surface area contributed by atoms with E-state index in [4.69, 9.17) is 8.83 Å². The molecule has 0 saturated heterocycles. The van der Waals surface area contributed by atoms with Crippen LogP contribution in [0.1, 0.15) is 17.6 Å². The largest absolute Gasteiger partial charge is 0.467 e. The van der Waals surface area contributed by atoms with Gasteiger partial charge >= 0.3 is 0 Å². The number of furan rings is 2. The van der Waals surface area contributed by atoms with Gasteiger partial charge in [-0.25, -0.2) is 0 Å². The molecule has 0 bridgehead atoms. The predicted octanol–water partition coefficient (Wildman–Crippen LogP) is 2.49. The van der Waals surface area contributed by atoms with Crippen molar-refractivity contribution < 1.29 is 13.6 Å². The van der Waals surface area contributed by atoms with E-state index in [1.165, 1.54) is 6.08 Å². The summed E-state index contributed by atoms with van der Waals surface area (Å²) in [6.45, 7) is 0.372. The van der Waals surface area contributed by atoms with Gasteiger partial charge in [-0.1, -0.05) is 0 Å². The highest BCUT2D eigenvalue weighted by atomic mass is 16.3. The molecule has 3 heterocycles. The van der Waals surface area contributed by atoms with Crippen molar-refractivity contribution in [2.24, 2.45) is 0 Å². The lowest BCUT2D eigenvalue weighted by atomic mass is 10.2. The third-order valence-corrected chi connectivity index (χ3v) is 3.13. The van der Waals surface area contributed by atoms with Crippen molar-refractivity contribution in [3.63, 3.8) is 0 Å². The first-order chi connectivity index (χ1) is 10.8. The van der Waals surface area contributed by atoms with Gasteiger partial charge in [-0.2, -0.15) is 5.10 Å². The Morgan fingerprint density at radius 3 is 2.82 bits per heavy atom. The van der Waals surface area contributed by atoms with Gasteiger partial charge in [0.15, 0.2) is 0 Å². The van der Waals surface area contributed by atoms with Gasteiger partial charge in [-0.3, -0.25) is 9.48 Å². The summed E-state index contributed by atoms with van der Waals surface area (Å²) in [6.07, 6.45) is 9.73. The average Bonchev–Trinajstić information content (AvgIpc) is 3.27. The summed E-state index contributed by atoms with van der Waals surface area (Å²) in [5, 5.41) is 7.04. The van der Waals surface area contributed by atoms with Crippen LogP contribution < -0.4 is 5.32 Å². The van der Waals surface area contributed by atoms with Gasteiger partial charge in [0.2, 0.25) is 5.91 Å². The van der Waals surface area contributed by atoms with Gasteiger partial charge in [0.1, 0.15) is 17.6 Å². The minimum Gasteiger partial charge on any atom is -0.467 e. The molecule has 0 radical (unpaired) electrons. The molecule has 0 aliphatic carbocycles. The minimum absolute atomic E-state index is 0.189. The molecule has 6 nitrogen and oxygen atoms in total. The molecule has 3 aromatic rings. The maximum atomic E-state index is 11.9. The number of rotatable bonds is 6. The molecule has 1 amide bonds. The van der Waals surface area contributed by atoms with Crippen LogP contribution in [0.25, 0.3) is 6.08 Å². The zero-order valence-corrected chi connectivity index (χ0v) is 11.8. The van der Waals surface area contributed by atoms with Crippen LogP contribution in [0, 0.1) is 0 Å². The van der Waals surface area contributed by atoms with Crippen molar-refractivity contribution in [2.75, 3.05) is 6.54 Å². The van der Waals surface area contributed by atoms with E-state index >= 15 is 0 Å². The zero-order valence-electron chi connectivity index (χ0n) is 11.8. The summed E-state index contributed by atoms with van der Waals surface area (Å²) >= 11 is 0. The number of hydrogen-bond acceptors (Lipinski definition) is 4. The number of nitrogens with zero attached hydrogens (tertiary/aromatic N) is 2. The van der Waals surface area contributed by atoms with Gasteiger partial charge in [0, 0.05) is 25.0 Å². The Bertz CT molecular complexity index is 679. The fourth-order valence-electron chi connectivity index (χ4n) is 2.07. The highest BCUT2D eigenvalue weighted by Crippen LogP contribution is 2.17. The van der Waals surface area contributed by atoms with Gasteiger partial charge < -0.3 is 14.2 Å². The SMILES string of the molecule is O=C(C=Cc1ccco1)NCC(c1ccco1)n1cccn1. The fourth-order valence-corrected chi connectivity index (χ4v) is 2.07. The van der Waals surface area contributed by atoms with E-state index in [9.17, 15) is 4.79 Å². The molecule has 0 aromatic carbocycles. The molecule has 0 saturated carbocycles. The van der Waals surface area contributed by atoms with Gasteiger partial charge in [0.25, 0.3) is 0 Å². The second kappa shape index (κ2) is 6.62. The second-order valence-corrected chi connectivity index (χ2v) is 4.61. The van der Waals surface area contributed by atoms with Crippen LogP contribution in [0.15, 0.2) is 70.2 Å². The van der Waals surface area contributed by atoms with E-state index < -0.39 is 0 Å². The average molecular weight is 297 g/mol. The smallest absolute Gasteiger partial charge is 0.244 e. The van der Waals surface area contributed by atoms with E-state index in [-0.39, 0.29) is 11.9 Å². The lowest BCUT2D eigenvalue weighted by Crippen LogP contribution is -2.30. The van der Waals surface area contributed by atoms with Crippen LogP contribution in [0.4, 0.5) is 0 Å². The number of carbonyl (C=O) groups excluding carboxylic acids is 1. The molecule has 6 heteroatoms. The lowest BCUT2D eigenvalue weighted by molar-refractivity contribution is -0.116. The Labute approximate surface area is 127 Å². The van der Waals surface area contributed by atoms with Crippen LogP contribution >= 0.6 is 0 Å². The number of aromatic nitrogens is 2.